The summed E-state index contributed by atoms with van der Waals surface area (Å²) in [6, 6.07) is 18.1. The van der Waals surface area contributed by atoms with Crippen molar-refractivity contribution in [1.29, 1.82) is 0 Å². The second-order valence-electron chi connectivity index (χ2n) is 8.65. The minimum Gasteiger partial charge on any atom is -0.497 e. The number of carbonyl (C=O) groups is 1. The van der Waals surface area contributed by atoms with Crippen LogP contribution in [0.2, 0.25) is 0 Å². The van der Waals surface area contributed by atoms with E-state index in [4.69, 9.17) is 9.47 Å². The summed E-state index contributed by atoms with van der Waals surface area (Å²) < 4.78 is 13.2. The average Bonchev–Trinajstić information content (AvgIpc) is 3.17. The lowest BCUT2D eigenvalue weighted by Gasteiger charge is -2.13. The van der Waals surface area contributed by atoms with Gasteiger partial charge in [-0.1, -0.05) is 18.6 Å². The van der Waals surface area contributed by atoms with Gasteiger partial charge in [0.2, 0.25) is 0 Å². The van der Waals surface area contributed by atoms with Gasteiger partial charge in [-0.2, -0.15) is 0 Å². The second-order valence-corrected chi connectivity index (χ2v) is 8.65. The van der Waals surface area contributed by atoms with E-state index >= 15 is 0 Å². The van der Waals surface area contributed by atoms with Crippen LogP contribution in [-0.2, 0) is 13.0 Å². The molecule has 1 aliphatic rings. The Bertz CT molecular complexity index is 1450. The van der Waals surface area contributed by atoms with Crippen LogP contribution in [0.15, 0.2) is 66.7 Å². The number of carbonyl (C=O) groups excluding carboxylic acids is 1. The first-order valence-electron chi connectivity index (χ1n) is 12.0. The summed E-state index contributed by atoms with van der Waals surface area (Å²) in [4.78, 5) is 24.2. The molecular formula is C27H25N5O5. The predicted molar refractivity (Wildman–Crippen MR) is 137 cm³/mol. The van der Waals surface area contributed by atoms with Crippen molar-refractivity contribution >= 4 is 17.3 Å². The van der Waals surface area contributed by atoms with Crippen molar-refractivity contribution in [2.75, 3.05) is 12.4 Å². The highest BCUT2D eigenvalue weighted by Crippen LogP contribution is 2.31. The highest BCUT2D eigenvalue weighted by molar-refractivity contribution is 6.07. The number of nitro groups is 1. The monoisotopic (exact) mass is 499 g/mol. The molecule has 0 fully saturated rings. The first-order chi connectivity index (χ1) is 18.0. The van der Waals surface area contributed by atoms with Crippen molar-refractivity contribution < 1.29 is 19.2 Å². The van der Waals surface area contributed by atoms with Crippen molar-refractivity contribution in [3.05, 3.63) is 88.2 Å². The summed E-state index contributed by atoms with van der Waals surface area (Å²) in [5.74, 6) is 2.49. The maximum atomic E-state index is 13.3. The van der Waals surface area contributed by atoms with Crippen LogP contribution >= 0.6 is 0 Å². The Kier molecular flexibility index (Phi) is 6.80. The molecule has 1 aromatic heterocycles. The molecule has 0 spiro atoms. The van der Waals surface area contributed by atoms with E-state index in [1.54, 1.807) is 37.4 Å². The van der Waals surface area contributed by atoms with E-state index in [2.05, 4.69) is 20.1 Å². The molecule has 188 valence electrons. The number of hydrogen-bond acceptors (Lipinski definition) is 7. The maximum absolute atomic E-state index is 13.3. The summed E-state index contributed by atoms with van der Waals surface area (Å²) in [5.41, 5.74) is 1.17. The van der Waals surface area contributed by atoms with E-state index < -0.39 is 10.8 Å². The summed E-state index contributed by atoms with van der Waals surface area (Å²) in [6.07, 6.45) is 4.22. The minimum atomic E-state index is -0.550. The molecule has 0 bridgehead atoms. The number of aromatic nitrogens is 3. The molecule has 37 heavy (non-hydrogen) atoms. The molecule has 1 aliphatic heterocycles. The lowest BCUT2D eigenvalue weighted by molar-refractivity contribution is -0.384. The Balaban J connectivity index is 1.42. The van der Waals surface area contributed by atoms with Gasteiger partial charge in [0, 0.05) is 36.3 Å². The normalized spacial score (nSPS) is 12.8. The third-order valence-corrected chi connectivity index (χ3v) is 6.19. The standard InChI is InChI=1S/C27H25N5O5/c1-36-21-10-12-22(13-11-21)37-24-14-9-20(32(34)35)17-23(24)27(33)28-19-7-5-6-18(16-19)26-30-29-25-8-3-2-4-15-31(25)26/h5-7,9-14,16-17H,2-4,8,15H2,1H3,(H,28,33). The van der Waals surface area contributed by atoms with Crippen LogP contribution in [0.3, 0.4) is 0 Å². The molecule has 0 unspecified atom stereocenters. The van der Waals surface area contributed by atoms with E-state index in [1.807, 2.05) is 18.2 Å². The van der Waals surface area contributed by atoms with Crippen LogP contribution in [-0.4, -0.2) is 32.7 Å². The maximum Gasteiger partial charge on any atom is 0.270 e. The van der Waals surface area contributed by atoms with Crippen molar-refractivity contribution in [3.8, 4) is 28.6 Å². The van der Waals surface area contributed by atoms with Gasteiger partial charge in [-0.3, -0.25) is 14.9 Å². The first-order valence-corrected chi connectivity index (χ1v) is 12.0. The Hall–Kier alpha value is -4.73. The van der Waals surface area contributed by atoms with E-state index in [-0.39, 0.29) is 17.0 Å². The molecule has 0 saturated carbocycles. The van der Waals surface area contributed by atoms with E-state index in [1.165, 1.54) is 18.2 Å². The van der Waals surface area contributed by atoms with Gasteiger partial charge in [-0.05, 0) is 55.3 Å². The number of aryl methyl sites for hydroxylation is 1. The first kappa shape index (κ1) is 24.0. The lowest BCUT2D eigenvalue weighted by Crippen LogP contribution is -2.13. The fourth-order valence-corrected chi connectivity index (χ4v) is 4.30. The molecule has 4 aromatic rings. The van der Waals surface area contributed by atoms with Crippen molar-refractivity contribution in [2.45, 2.75) is 32.2 Å². The van der Waals surface area contributed by atoms with Gasteiger partial charge in [0.1, 0.15) is 23.1 Å². The molecule has 10 nitrogen and oxygen atoms in total. The number of anilines is 1. The molecule has 0 aliphatic carbocycles. The second kappa shape index (κ2) is 10.5. The van der Waals surface area contributed by atoms with Crippen LogP contribution in [0.5, 0.6) is 17.2 Å². The fourth-order valence-electron chi connectivity index (χ4n) is 4.30. The number of non-ortho nitro benzene ring substituents is 1. The van der Waals surface area contributed by atoms with Crippen LogP contribution in [0.1, 0.15) is 35.4 Å². The molecule has 5 rings (SSSR count). The molecule has 10 heteroatoms. The molecule has 3 aromatic carbocycles. The Labute approximate surface area is 213 Å². The van der Waals surface area contributed by atoms with Gasteiger partial charge in [-0.15, -0.1) is 10.2 Å². The molecule has 2 heterocycles. The summed E-state index contributed by atoms with van der Waals surface area (Å²) in [6.45, 7) is 0.855. The third-order valence-electron chi connectivity index (χ3n) is 6.19. The summed E-state index contributed by atoms with van der Waals surface area (Å²) in [7, 11) is 1.56. The molecular weight excluding hydrogens is 474 g/mol. The SMILES string of the molecule is COc1ccc(Oc2ccc([N+](=O)[O-])cc2C(=O)Nc2cccc(-c3nnc4n3CCCCC4)c2)cc1. The number of methoxy groups -OCH3 is 1. The Morgan fingerprint density at radius 1 is 1.00 bits per heavy atom. The van der Waals surface area contributed by atoms with Gasteiger partial charge in [0.15, 0.2) is 5.82 Å². The summed E-state index contributed by atoms with van der Waals surface area (Å²) >= 11 is 0. The van der Waals surface area contributed by atoms with Crippen LogP contribution in [0, 0.1) is 10.1 Å². The molecule has 0 atom stereocenters. The fraction of sp³-hybridized carbons (Fsp3) is 0.222. The van der Waals surface area contributed by atoms with Gasteiger partial charge < -0.3 is 19.4 Å². The number of rotatable bonds is 7. The van der Waals surface area contributed by atoms with Crippen molar-refractivity contribution in [3.63, 3.8) is 0 Å². The number of amides is 1. The number of nitrogens with one attached hydrogen (secondary N) is 1. The third kappa shape index (κ3) is 5.27. The largest absolute Gasteiger partial charge is 0.497 e. The van der Waals surface area contributed by atoms with Crippen LogP contribution in [0.4, 0.5) is 11.4 Å². The molecule has 1 N–H and O–H groups in total. The number of fused-ring (bicyclic) bond motifs is 1. The number of nitro benzene ring substituents is 1. The molecule has 0 radical (unpaired) electrons. The smallest absolute Gasteiger partial charge is 0.270 e. The minimum absolute atomic E-state index is 0.0340. The quantitative estimate of drug-likeness (QED) is 0.258. The average molecular weight is 500 g/mol. The van der Waals surface area contributed by atoms with E-state index in [9.17, 15) is 14.9 Å². The summed E-state index contributed by atoms with van der Waals surface area (Å²) in [5, 5.41) is 23.0. The number of benzene rings is 3. The predicted octanol–water partition coefficient (Wildman–Crippen LogP) is 5.63. The van der Waals surface area contributed by atoms with Crippen molar-refractivity contribution in [1.82, 2.24) is 14.8 Å². The number of ether oxygens (including phenoxy) is 2. The van der Waals surface area contributed by atoms with Gasteiger partial charge >= 0.3 is 0 Å². The number of hydrogen-bond donors (Lipinski definition) is 1. The zero-order chi connectivity index (χ0) is 25.8. The highest BCUT2D eigenvalue weighted by atomic mass is 16.6. The van der Waals surface area contributed by atoms with Crippen molar-refractivity contribution in [2.24, 2.45) is 0 Å². The van der Waals surface area contributed by atoms with Crippen LogP contribution < -0.4 is 14.8 Å². The van der Waals surface area contributed by atoms with Crippen LogP contribution in [0.25, 0.3) is 11.4 Å². The zero-order valence-electron chi connectivity index (χ0n) is 20.2. The van der Waals surface area contributed by atoms with E-state index in [0.29, 0.717) is 17.2 Å². The zero-order valence-corrected chi connectivity index (χ0v) is 20.2. The molecule has 1 amide bonds. The highest BCUT2D eigenvalue weighted by Gasteiger charge is 2.20. The Morgan fingerprint density at radius 3 is 2.59 bits per heavy atom. The van der Waals surface area contributed by atoms with Gasteiger partial charge in [0.25, 0.3) is 11.6 Å². The van der Waals surface area contributed by atoms with Gasteiger partial charge in [0.05, 0.1) is 17.6 Å². The number of nitrogens with zero attached hydrogens (tertiary/aromatic N) is 4. The van der Waals surface area contributed by atoms with E-state index in [0.717, 1.165) is 49.4 Å². The lowest BCUT2D eigenvalue weighted by atomic mass is 10.1. The Morgan fingerprint density at radius 2 is 1.81 bits per heavy atom. The van der Waals surface area contributed by atoms with Gasteiger partial charge in [-0.25, -0.2) is 0 Å². The topological polar surface area (TPSA) is 121 Å². The molecule has 0 saturated heterocycles.